The molecule has 0 spiro atoms. The number of halogens is 4. The van der Waals surface area contributed by atoms with Gasteiger partial charge in [-0.2, -0.15) is 18.2 Å². The standard InChI is InChI=1S/C17H11BrF3N5O2/c18-10-1-3-11(4-2-10)23-15-14(17(19,20)21)9-22-16(25-15)24-12-5-7-13(8-6-12)26(27)28/h1-9H,(H2,22,23,24,25). The molecule has 1 heterocycles. The second kappa shape index (κ2) is 7.80. The van der Waals surface area contributed by atoms with Gasteiger partial charge in [0.15, 0.2) is 0 Å². The number of benzene rings is 2. The third-order valence-corrected chi connectivity index (χ3v) is 4.06. The van der Waals surface area contributed by atoms with Crippen molar-refractivity contribution in [1.29, 1.82) is 0 Å². The van der Waals surface area contributed by atoms with Gasteiger partial charge in [-0.3, -0.25) is 10.1 Å². The number of hydrogen-bond acceptors (Lipinski definition) is 6. The Morgan fingerprint density at radius 1 is 0.964 bits per heavy atom. The summed E-state index contributed by atoms with van der Waals surface area (Å²) in [5.74, 6) is -0.518. The van der Waals surface area contributed by atoms with Crippen LogP contribution in [0.3, 0.4) is 0 Å². The first kappa shape index (κ1) is 19.5. The minimum Gasteiger partial charge on any atom is -0.340 e. The van der Waals surface area contributed by atoms with Crippen LogP contribution in [0.25, 0.3) is 0 Å². The first-order valence-corrected chi connectivity index (χ1v) is 8.50. The molecule has 1 aromatic heterocycles. The molecule has 7 nitrogen and oxygen atoms in total. The molecule has 0 amide bonds. The molecule has 0 saturated carbocycles. The van der Waals surface area contributed by atoms with Crippen molar-refractivity contribution in [1.82, 2.24) is 9.97 Å². The molecule has 0 bridgehead atoms. The van der Waals surface area contributed by atoms with Crippen LogP contribution < -0.4 is 10.6 Å². The zero-order chi connectivity index (χ0) is 20.3. The largest absolute Gasteiger partial charge is 0.421 e. The van der Waals surface area contributed by atoms with Crippen LogP contribution in [0.1, 0.15) is 5.56 Å². The molecule has 144 valence electrons. The lowest BCUT2D eigenvalue weighted by Crippen LogP contribution is -2.12. The third kappa shape index (κ3) is 4.74. The molecule has 0 aliphatic rings. The molecule has 11 heteroatoms. The van der Waals surface area contributed by atoms with Crippen LogP contribution in [0.5, 0.6) is 0 Å². The van der Waals surface area contributed by atoms with Gasteiger partial charge in [0, 0.05) is 34.2 Å². The zero-order valence-electron chi connectivity index (χ0n) is 13.9. The molecular weight excluding hydrogens is 443 g/mol. The van der Waals surface area contributed by atoms with Gasteiger partial charge >= 0.3 is 6.18 Å². The number of rotatable bonds is 5. The smallest absolute Gasteiger partial charge is 0.340 e. The van der Waals surface area contributed by atoms with E-state index in [-0.39, 0.29) is 11.6 Å². The highest BCUT2D eigenvalue weighted by Gasteiger charge is 2.35. The Bertz CT molecular complexity index is 995. The summed E-state index contributed by atoms with van der Waals surface area (Å²) < 4.78 is 40.6. The van der Waals surface area contributed by atoms with Crippen molar-refractivity contribution in [2.75, 3.05) is 10.6 Å². The van der Waals surface area contributed by atoms with E-state index < -0.39 is 22.5 Å². The van der Waals surface area contributed by atoms with Crippen LogP contribution in [-0.2, 0) is 6.18 Å². The first-order chi connectivity index (χ1) is 13.2. The maximum atomic E-state index is 13.3. The van der Waals surface area contributed by atoms with Crippen molar-refractivity contribution in [3.8, 4) is 0 Å². The lowest BCUT2D eigenvalue weighted by atomic mass is 10.2. The number of hydrogen-bond donors (Lipinski definition) is 2. The normalized spacial score (nSPS) is 11.1. The number of anilines is 4. The van der Waals surface area contributed by atoms with E-state index in [1.165, 1.54) is 24.3 Å². The molecule has 0 aliphatic heterocycles. The van der Waals surface area contributed by atoms with Gasteiger partial charge in [0.1, 0.15) is 11.4 Å². The molecule has 3 aromatic rings. The summed E-state index contributed by atoms with van der Waals surface area (Å²) in [6, 6.07) is 11.9. The van der Waals surface area contributed by atoms with E-state index in [0.29, 0.717) is 17.6 Å². The van der Waals surface area contributed by atoms with Gasteiger partial charge in [0.2, 0.25) is 5.95 Å². The van der Waals surface area contributed by atoms with Crippen LogP contribution in [0.15, 0.2) is 59.2 Å². The lowest BCUT2D eigenvalue weighted by molar-refractivity contribution is -0.384. The average Bonchev–Trinajstić information content (AvgIpc) is 2.63. The van der Waals surface area contributed by atoms with Gasteiger partial charge in [-0.25, -0.2) is 4.98 Å². The Labute approximate surface area is 164 Å². The Morgan fingerprint density at radius 3 is 2.11 bits per heavy atom. The lowest BCUT2D eigenvalue weighted by Gasteiger charge is -2.15. The topological polar surface area (TPSA) is 93.0 Å². The molecule has 0 fully saturated rings. The predicted octanol–water partition coefficient (Wildman–Crippen LogP) is 5.65. The van der Waals surface area contributed by atoms with E-state index in [2.05, 4.69) is 36.5 Å². The van der Waals surface area contributed by atoms with Crippen LogP contribution >= 0.6 is 15.9 Å². The van der Waals surface area contributed by atoms with Crippen molar-refractivity contribution < 1.29 is 18.1 Å². The number of nitrogens with zero attached hydrogens (tertiary/aromatic N) is 3. The second-order valence-corrected chi connectivity index (χ2v) is 6.43. The Morgan fingerprint density at radius 2 is 1.54 bits per heavy atom. The number of aromatic nitrogens is 2. The van der Waals surface area contributed by atoms with E-state index in [9.17, 15) is 23.3 Å². The summed E-state index contributed by atoms with van der Waals surface area (Å²) in [4.78, 5) is 17.7. The SMILES string of the molecule is O=[N+]([O-])c1ccc(Nc2ncc(C(F)(F)F)c(Nc3ccc(Br)cc3)n2)cc1. The predicted molar refractivity (Wildman–Crippen MR) is 101 cm³/mol. The molecule has 2 aromatic carbocycles. The van der Waals surface area contributed by atoms with E-state index in [1.807, 2.05) is 0 Å². The maximum Gasteiger partial charge on any atom is 0.421 e. The number of non-ortho nitro benzene ring substituents is 1. The molecule has 0 radical (unpaired) electrons. The van der Waals surface area contributed by atoms with E-state index in [4.69, 9.17) is 0 Å². The van der Waals surface area contributed by atoms with Gasteiger partial charge in [-0.15, -0.1) is 0 Å². The summed E-state index contributed by atoms with van der Waals surface area (Å²) in [5.41, 5.74) is -0.338. The average molecular weight is 454 g/mol. The summed E-state index contributed by atoms with van der Waals surface area (Å²) in [6.07, 6.45) is -3.98. The summed E-state index contributed by atoms with van der Waals surface area (Å²) in [6.45, 7) is 0. The van der Waals surface area contributed by atoms with Crippen molar-refractivity contribution >= 4 is 44.8 Å². The van der Waals surface area contributed by atoms with Gasteiger partial charge in [0.25, 0.3) is 5.69 Å². The van der Waals surface area contributed by atoms with Crippen LogP contribution in [0, 0.1) is 10.1 Å². The van der Waals surface area contributed by atoms with Gasteiger partial charge in [-0.1, -0.05) is 15.9 Å². The zero-order valence-corrected chi connectivity index (χ0v) is 15.5. The second-order valence-electron chi connectivity index (χ2n) is 5.51. The van der Waals surface area contributed by atoms with E-state index >= 15 is 0 Å². The third-order valence-electron chi connectivity index (χ3n) is 3.54. The van der Waals surface area contributed by atoms with Crippen LogP contribution in [-0.4, -0.2) is 14.9 Å². The van der Waals surface area contributed by atoms with Gasteiger partial charge < -0.3 is 10.6 Å². The van der Waals surface area contributed by atoms with E-state index in [0.717, 1.165) is 4.47 Å². The monoisotopic (exact) mass is 453 g/mol. The van der Waals surface area contributed by atoms with Crippen molar-refractivity contribution in [3.05, 3.63) is 74.9 Å². The summed E-state index contributed by atoms with van der Waals surface area (Å²) >= 11 is 3.25. The van der Waals surface area contributed by atoms with Crippen molar-refractivity contribution in [3.63, 3.8) is 0 Å². The Hall–Kier alpha value is -3.21. The molecule has 0 saturated heterocycles. The first-order valence-electron chi connectivity index (χ1n) is 7.71. The van der Waals surface area contributed by atoms with Gasteiger partial charge in [-0.05, 0) is 36.4 Å². The number of nitro groups is 1. The molecule has 0 aliphatic carbocycles. The highest BCUT2D eigenvalue weighted by Crippen LogP contribution is 2.35. The molecule has 3 rings (SSSR count). The van der Waals surface area contributed by atoms with Crippen LogP contribution in [0.2, 0.25) is 0 Å². The molecular formula is C17H11BrF3N5O2. The minimum atomic E-state index is -4.65. The van der Waals surface area contributed by atoms with Crippen molar-refractivity contribution in [2.45, 2.75) is 6.18 Å². The van der Waals surface area contributed by atoms with Crippen molar-refractivity contribution in [2.24, 2.45) is 0 Å². The molecule has 0 atom stereocenters. The summed E-state index contributed by atoms with van der Waals surface area (Å²) in [5, 5.41) is 16.0. The quantitative estimate of drug-likeness (QED) is 0.382. The number of alkyl halides is 3. The fourth-order valence-electron chi connectivity index (χ4n) is 2.21. The summed E-state index contributed by atoms with van der Waals surface area (Å²) in [7, 11) is 0. The highest BCUT2D eigenvalue weighted by molar-refractivity contribution is 9.10. The highest BCUT2D eigenvalue weighted by atomic mass is 79.9. The van der Waals surface area contributed by atoms with E-state index in [1.54, 1.807) is 24.3 Å². The molecule has 28 heavy (non-hydrogen) atoms. The number of nitrogens with one attached hydrogen (secondary N) is 2. The Balaban J connectivity index is 1.90. The Kier molecular flexibility index (Phi) is 5.45. The molecule has 2 N–H and O–H groups in total. The fourth-order valence-corrected chi connectivity index (χ4v) is 2.47. The fraction of sp³-hybridized carbons (Fsp3) is 0.0588. The number of nitro benzene ring substituents is 1. The maximum absolute atomic E-state index is 13.3. The minimum absolute atomic E-state index is 0.0959. The molecule has 0 unspecified atom stereocenters. The van der Waals surface area contributed by atoms with Crippen LogP contribution in [0.4, 0.5) is 42.0 Å². The van der Waals surface area contributed by atoms with Gasteiger partial charge in [0.05, 0.1) is 4.92 Å².